The lowest BCUT2D eigenvalue weighted by Gasteiger charge is -2.33. The Labute approximate surface area is 144 Å². The average Bonchev–Trinajstić information content (AvgIpc) is 2.57. The number of aryl methyl sites for hydroxylation is 2. The minimum absolute atomic E-state index is 0.0796. The van der Waals surface area contributed by atoms with Crippen molar-refractivity contribution in [2.75, 3.05) is 27.3 Å². The van der Waals surface area contributed by atoms with E-state index in [-0.39, 0.29) is 17.9 Å². The molecular formula is C19H29NO4. The van der Waals surface area contributed by atoms with E-state index < -0.39 is 6.10 Å². The van der Waals surface area contributed by atoms with Crippen molar-refractivity contribution in [2.24, 2.45) is 5.92 Å². The van der Waals surface area contributed by atoms with Crippen LogP contribution in [0, 0.1) is 19.8 Å². The maximum Gasteiger partial charge on any atom is 0.225 e. The molecule has 1 aliphatic rings. The Kier molecular flexibility index (Phi) is 6.63. The van der Waals surface area contributed by atoms with Gasteiger partial charge in [0.05, 0.1) is 18.8 Å². The zero-order chi connectivity index (χ0) is 17.7. The van der Waals surface area contributed by atoms with E-state index >= 15 is 0 Å². The fourth-order valence-electron chi connectivity index (χ4n) is 3.17. The third kappa shape index (κ3) is 4.71. The molecule has 0 spiro atoms. The number of carbonyl (C=O) groups excluding carboxylic acids is 1. The Bertz CT molecular complexity index is 560. The van der Waals surface area contributed by atoms with Gasteiger partial charge >= 0.3 is 0 Å². The molecule has 1 saturated carbocycles. The number of nitrogens with zero attached hydrogens (tertiary/aromatic N) is 1. The molecule has 134 valence electrons. The summed E-state index contributed by atoms with van der Waals surface area (Å²) in [5.74, 6) is 0.897. The van der Waals surface area contributed by atoms with Gasteiger partial charge in [-0.3, -0.25) is 4.79 Å². The minimum Gasteiger partial charge on any atom is -0.491 e. The number of carbonyl (C=O) groups is 1. The number of ether oxygens (including phenoxy) is 2. The lowest BCUT2D eigenvalue weighted by atomic mass is 9.84. The van der Waals surface area contributed by atoms with E-state index in [1.54, 1.807) is 12.0 Å². The molecule has 3 atom stereocenters. The van der Waals surface area contributed by atoms with Crippen LogP contribution in [0.4, 0.5) is 0 Å². The molecular weight excluding hydrogens is 306 g/mol. The molecule has 0 aliphatic heterocycles. The van der Waals surface area contributed by atoms with E-state index in [2.05, 4.69) is 6.07 Å². The highest BCUT2D eigenvalue weighted by atomic mass is 16.5. The molecule has 2 rings (SSSR count). The number of amides is 1. The summed E-state index contributed by atoms with van der Waals surface area (Å²) >= 11 is 0. The van der Waals surface area contributed by atoms with E-state index in [1.165, 1.54) is 0 Å². The van der Waals surface area contributed by atoms with Crippen molar-refractivity contribution in [2.45, 2.75) is 45.3 Å². The second-order valence-electron chi connectivity index (χ2n) is 6.73. The molecule has 0 radical (unpaired) electrons. The first kappa shape index (κ1) is 18.7. The predicted molar refractivity (Wildman–Crippen MR) is 93.2 cm³/mol. The standard InChI is InChI=1S/C19H29NO4/c1-13-5-6-14(2)17(11-13)24-10-9-20(3)19(22)15-7-8-16(21)18(12-15)23-4/h5-6,11,15-16,18,21H,7-10,12H2,1-4H3/t15-,16+,18-/m1/s1. The van der Waals surface area contributed by atoms with Gasteiger partial charge < -0.3 is 19.5 Å². The summed E-state index contributed by atoms with van der Waals surface area (Å²) in [6.07, 6.45) is 1.20. The van der Waals surface area contributed by atoms with E-state index in [0.29, 0.717) is 32.4 Å². The van der Waals surface area contributed by atoms with Crippen LogP contribution in [0.25, 0.3) is 0 Å². The van der Waals surface area contributed by atoms with Gasteiger partial charge in [0.2, 0.25) is 5.91 Å². The van der Waals surface area contributed by atoms with Crippen LogP contribution in [0.5, 0.6) is 5.75 Å². The molecule has 1 N–H and O–H groups in total. The van der Waals surface area contributed by atoms with Crippen LogP contribution in [0.2, 0.25) is 0 Å². The fraction of sp³-hybridized carbons (Fsp3) is 0.632. The van der Waals surface area contributed by atoms with E-state index in [9.17, 15) is 9.90 Å². The first-order chi connectivity index (χ1) is 11.4. The minimum atomic E-state index is -0.461. The second kappa shape index (κ2) is 8.49. The molecule has 1 aromatic carbocycles. The highest BCUT2D eigenvalue weighted by Gasteiger charge is 2.34. The average molecular weight is 335 g/mol. The summed E-state index contributed by atoms with van der Waals surface area (Å²) in [4.78, 5) is 14.3. The normalized spacial score (nSPS) is 23.8. The van der Waals surface area contributed by atoms with Gasteiger partial charge in [-0.05, 0) is 50.3 Å². The number of aliphatic hydroxyl groups excluding tert-OH is 1. The van der Waals surface area contributed by atoms with Gasteiger partial charge in [0.1, 0.15) is 12.4 Å². The van der Waals surface area contributed by atoms with Crippen LogP contribution in [0.15, 0.2) is 18.2 Å². The molecule has 0 aromatic heterocycles. The van der Waals surface area contributed by atoms with Gasteiger partial charge in [0, 0.05) is 20.1 Å². The molecule has 0 bridgehead atoms. The van der Waals surface area contributed by atoms with Gasteiger partial charge in [-0.2, -0.15) is 0 Å². The molecule has 0 heterocycles. The van der Waals surface area contributed by atoms with Gasteiger partial charge in [0.15, 0.2) is 0 Å². The summed E-state index contributed by atoms with van der Waals surface area (Å²) < 4.78 is 11.1. The maximum atomic E-state index is 12.6. The molecule has 1 fully saturated rings. The number of methoxy groups -OCH3 is 1. The largest absolute Gasteiger partial charge is 0.491 e. The van der Waals surface area contributed by atoms with E-state index in [0.717, 1.165) is 16.9 Å². The van der Waals surface area contributed by atoms with Crippen molar-refractivity contribution >= 4 is 5.91 Å². The van der Waals surface area contributed by atoms with Gasteiger partial charge in [-0.1, -0.05) is 12.1 Å². The Hall–Kier alpha value is -1.59. The predicted octanol–water partition coefficient (Wildman–Crippen LogP) is 2.32. The van der Waals surface area contributed by atoms with Gasteiger partial charge in [-0.25, -0.2) is 0 Å². The highest BCUT2D eigenvalue weighted by molar-refractivity contribution is 5.78. The molecule has 5 nitrogen and oxygen atoms in total. The van der Waals surface area contributed by atoms with Crippen LogP contribution >= 0.6 is 0 Å². The topological polar surface area (TPSA) is 59.0 Å². The second-order valence-corrected chi connectivity index (χ2v) is 6.73. The van der Waals surface area contributed by atoms with E-state index in [4.69, 9.17) is 9.47 Å². The van der Waals surface area contributed by atoms with Crippen molar-refractivity contribution in [1.82, 2.24) is 4.90 Å². The van der Waals surface area contributed by atoms with Crippen molar-refractivity contribution in [3.05, 3.63) is 29.3 Å². The highest BCUT2D eigenvalue weighted by Crippen LogP contribution is 2.28. The summed E-state index contributed by atoms with van der Waals surface area (Å²) in [7, 11) is 3.39. The third-order valence-corrected chi connectivity index (χ3v) is 4.81. The third-order valence-electron chi connectivity index (χ3n) is 4.81. The molecule has 0 unspecified atom stereocenters. The van der Waals surface area contributed by atoms with E-state index in [1.807, 2.05) is 33.0 Å². The lowest BCUT2D eigenvalue weighted by Crippen LogP contribution is -2.43. The lowest BCUT2D eigenvalue weighted by molar-refractivity contribution is -0.139. The van der Waals surface area contributed by atoms with Crippen LogP contribution in [0.3, 0.4) is 0 Å². The Morgan fingerprint density at radius 2 is 2.08 bits per heavy atom. The molecule has 1 amide bonds. The zero-order valence-electron chi connectivity index (χ0n) is 15.1. The monoisotopic (exact) mass is 335 g/mol. The van der Waals surface area contributed by atoms with Gasteiger partial charge in [-0.15, -0.1) is 0 Å². The van der Waals surface area contributed by atoms with Crippen molar-refractivity contribution in [3.63, 3.8) is 0 Å². The van der Waals surface area contributed by atoms with Crippen molar-refractivity contribution in [3.8, 4) is 5.75 Å². The van der Waals surface area contributed by atoms with Gasteiger partial charge in [0.25, 0.3) is 0 Å². The SMILES string of the molecule is CO[C@@H]1C[C@H](C(=O)N(C)CCOc2cc(C)ccc2C)CC[C@@H]1O. The number of hydrogen-bond acceptors (Lipinski definition) is 4. The number of rotatable bonds is 6. The Morgan fingerprint density at radius 3 is 2.79 bits per heavy atom. The molecule has 1 aromatic rings. The summed E-state index contributed by atoms with van der Waals surface area (Å²) in [5.41, 5.74) is 2.25. The molecule has 5 heteroatoms. The first-order valence-corrected chi connectivity index (χ1v) is 8.58. The maximum absolute atomic E-state index is 12.6. The van der Waals surface area contributed by atoms with Crippen LogP contribution in [-0.2, 0) is 9.53 Å². The van der Waals surface area contributed by atoms with Crippen LogP contribution < -0.4 is 4.74 Å². The molecule has 24 heavy (non-hydrogen) atoms. The number of likely N-dealkylation sites (N-methyl/N-ethyl adjacent to an activating group) is 1. The van der Waals surface area contributed by atoms with Crippen molar-refractivity contribution in [1.29, 1.82) is 0 Å². The van der Waals surface area contributed by atoms with Crippen molar-refractivity contribution < 1.29 is 19.4 Å². The van der Waals surface area contributed by atoms with Crippen LogP contribution in [0.1, 0.15) is 30.4 Å². The number of benzene rings is 1. The summed E-state index contributed by atoms with van der Waals surface area (Å²) in [5, 5.41) is 9.85. The smallest absolute Gasteiger partial charge is 0.225 e. The molecule has 1 aliphatic carbocycles. The first-order valence-electron chi connectivity index (χ1n) is 8.58. The Morgan fingerprint density at radius 1 is 1.33 bits per heavy atom. The number of aliphatic hydroxyl groups is 1. The number of hydrogen-bond donors (Lipinski definition) is 1. The zero-order valence-corrected chi connectivity index (χ0v) is 15.1. The fourth-order valence-corrected chi connectivity index (χ4v) is 3.17. The van der Waals surface area contributed by atoms with Crippen LogP contribution in [-0.4, -0.2) is 55.4 Å². The summed E-state index contributed by atoms with van der Waals surface area (Å²) in [6, 6.07) is 6.11. The Balaban J connectivity index is 1.82. The quantitative estimate of drug-likeness (QED) is 0.867. The molecule has 0 saturated heterocycles. The summed E-state index contributed by atoms with van der Waals surface area (Å²) in [6.45, 7) is 5.06.